The van der Waals surface area contributed by atoms with Crippen molar-refractivity contribution in [3.8, 4) is 0 Å². The van der Waals surface area contributed by atoms with Crippen LogP contribution in [0.4, 0.5) is 11.6 Å². The van der Waals surface area contributed by atoms with Crippen molar-refractivity contribution in [3.05, 3.63) is 51.4 Å². The lowest BCUT2D eigenvalue weighted by atomic mass is 10.2. The molecule has 6 heteroatoms. The highest BCUT2D eigenvalue weighted by Crippen LogP contribution is 2.27. The molecule has 26 heavy (non-hydrogen) atoms. The van der Waals surface area contributed by atoms with E-state index in [-0.39, 0.29) is 5.56 Å². The highest BCUT2D eigenvalue weighted by Gasteiger charge is 2.26. The Bertz CT molecular complexity index is 825. The normalized spacial score (nSPS) is 14.8. The average Bonchev–Trinajstić information content (AvgIpc) is 2.60. The summed E-state index contributed by atoms with van der Waals surface area (Å²) in [4.78, 5) is 24.3. The van der Waals surface area contributed by atoms with Crippen molar-refractivity contribution in [3.63, 3.8) is 0 Å². The molecule has 140 valence electrons. The van der Waals surface area contributed by atoms with Crippen LogP contribution in [0.5, 0.6) is 0 Å². The molecule has 6 nitrogen and oxygen atoms in total. The van der Waals surface area contributed by atoms with E-state index in [1.807, 2.05) is 13.8 Å². The van der Waals surface area contributed by atoms with E-state index in [2.05, 4.69) is 60.0 Å². The van der Waals surface area contributed by atoms with Gasteiger partial charge >= 0.3 is 0 Å². The van der Waals surface area contributed by atoms with Crippen LogP contribution in [0.1, 0.15) is 23.2 Å². The number of aromatic nitrogens is 2. The first-order valence-electron chi connectivity index (χ1n) is 9.16. The van der Waals surface area contributed by atoms with Crippen LogP contribution in [-0.2, 0) is 6.67 Å². The third-order valence-electron chi connectivity index (χ3n) is 4.97. The predicted molar refractivity (Wildman–Crippen MR) is 106 cm³/mol. The minimum absolute atomic E-state index is 0.0573. The summed E-state index contributed by atoms with van der Waals surface area (Å²) in [7, 11) is 4.18. The Morgan fingerprint density at radius 2 is 1.77 bits per heavy atom. The van der Waals surface area contributed by atoms with Crippen molar-refractivity contribution in [1.29, 1.82) is 0 Å². The first-order valence-corrected chi connectivity index (χ1v) is 9.16. The second-order valence-corrected chi connectivity index (χ2v) is 7.45. The summed E-state index contributed by atoms with van der Waals surface area (Å²) in [5, 5.41) is 0. The first-order chi connectivity index (χ1) is 12.4. The molecule has 0 radical (unpaired) electrons. The molecule has 0 aliphatic carbocycles. The Kier molecular flexibility index (Phi) is 5.44. The van der Waals surface area contributed by atoms with Crippen LogP contribution in [0.15, 0.2) is 29.1 Å². The molecule has 0 saturated heterocycles. The summed E-state index contributed by atoms with van der Waals surface area (Å²) in [6.45, 7) is 9.17. The summed E-state index contributed by atoms with van der Waals surface area (Å²) in [6.07, 6.45) is 1.07. The molecule has 2 aromatic rings. The number of aryl methyl sites for hydroxylation is 2. The maximum atomic E-state index is 12.9. The van der Waals surface area contributed by atoms with Gasteiger partial charge in [0, 0.05) is 23.5 Å². The molecule has 1 aliphatic rings. The molecule has 0 N–H and O–H groups in total. The lowest BCUT2D eigenvalue weighted by molar-refractivity contribution is 0.189. The van der Waals surface area contributed by atoms with Crippen LogP contribution in [0.2, 0.25) is 0 Å². The standard InChI is InChI=1S/C20H29N5O/c1-15-7-9-18(10-8-15)24-13-23(12-6-11-22(4)5)14-25-19(26)16(2)17(3)21-20(24)25/h7-10H,6,11-14H2,1-5H3. The second-order valence-electron chi connectivity index (χ2n) is 7.45. The largest absolute Gasteiger partial charge is 0.309 e. The molecule has 0 saturated carbocycles. The highest BCUT2D eigenvalue weighted by atomic mass is 16.1. The van der Waals surface area contributed by atoms with E-state index in [0.29, 0.717) is 6.67 Å². The van der Waals surface area contributed by atoms with Gasteiger partial charge in [-0.3, -0.25) is 19.2 Å². The Hall–Kier alpha value is -2.18. The van der Waals surface area contributed by atoms with Gasteiger partial charge in [0.1, 0.15) is 0 Å². The number of benzene rings is 1. The predicted octanol–water partition coefficient (Wildman–Crippen LogP) is 2.49. The van der Waals surface area contributed by atoms with Gasteiger partial charge in [0.15, 0.2) is 0 Å². The minimum atomic E-state index is 0.0573. The lowest BCUT2D eigenvalue weighted by Crippen LogP contribution is -2.48. The zero-order valence-corrected chi connectivity index (χ0v) is 16.5. The molecule has 0 fully saturated rings. The van der Waals surface area contributed by atoms with Crippen molar-refractivity contribution < 1.29 is 0 Å². The number of hydrogen-bond acceptors (Lipinski definition) is 5. The van der Waals surface area contributed by atoms with E-state index >= 15 is 0 Å². The van der Waals surface area contributed by atoms with Crippen LogP contribution in [-0.4, -0.2) is 53.2 Å². The number of anilines is 2. The van der Waals surface area contributed by atoms with Crippen molar-refractivity contribution in [2.75, 3.05) is 38.8 Å². The molecule has 3 rings (SSSR count). The summed E-state index contributed by atoms with van der Waals surface area (Å²) in [5.41, 5.74) is 3.88. The molecule has 0 atom stereocenters. The van der Waals surface area contributed by atoms with Gasteiger partial charge in [0.25, 0.3) is 5.56 Å². The molecule has 0 spiro atoms. The summed E-state index contributed by atoms with van der Waals surface area (Å²) in [5.74, 6) is 0.741. The number of nitrogens with zero attached hydrogens (tertiary/aromatic N) is 5. The van der Waals surface area contributed by atoms with E-state index in [9.17, 15) is 4.79 Å². The van der Waals surface area contributed by atoms with Gasteiger partial charge in [-0.1, -0.05) is 17.7 Å². The highest BCUT2D eigenvalue weighted by molar-refractivity contribution is 5.58. The van der Waals surface area contributed by atoms with E-state index in [4.69, 9.17) is 4.98 Å². The molecule has 2 heterocycles. The smallest absolute Gasteiger partial charge is 0.259 e. The quantitative estimate of drug-likeness (QED) is 0.824. The third-order valence-corrected chi connectivity index (χ3v) is 4.97. The van der Waals surface area contributed by atoms with Crippen molar-refractivity contribution in [2.45, 2.75) is 33.9 Å². The molecule has 1 aromatic heterocycles. The van der Waals surface area contributed by atoms with E-state index < -0.39 is 0 Å². The van der Waals surface area contributed by atoms with E-state index in [1.165, 1.54) is 5.56 Å². The van der Waals surface area contributed by atoms with Crippen LogP contribution in [0, 0.1) is 20.8 Å². The zero-order valence-electron chi connectivity index (χ0n) is 16.5. The van der Waals surface area contributed by atoms with Crippen molar-refractivity contribution in [1.82, 2.24) is 19.4 Å². The monoisotopic (exact) mass is 355 g/mol. The van der Waals surface area contributed by atoms with Crippen LogP contribution >= 0.6 is 0 Å². The van der Waals surface area contributed by atoms with Crippen LogP contribution < -0.4 is 10.5 Å². The summed E-state index contributed by atoms with van der Waals surface area (Å²) < 4.78 is 1.81. The van der Waals surface area contributed by atoms with Gasteiger partial charge in [-0.25, -0.2) is 4.98 Å². The Balaban J connectivity index is 1.97. The SMILES string of the molecule is Cc1ccc(N2CN(CCCN(C)C)Cn3c2nc(C)c(C)c3=O)cc1. The number of rotatable bonds is 5. The van der Waals surface area contributed by atoms with Crippen molar-refractivity contribution >= 4 is 11.6 Å². The topological polar surface area (TPSA) is 44.6 Å². The fourth-order valence-electron chi connectivity index (χ4n) is 3.26. The van der Waals surface area contributed by atoms with Gasteiger partial charge in [-0.05, 0) is 60.0 Å². The average molecular weight is 355 g/mol. The Morgan fingerprint density at radius 3 is 2.42 bits per heavy atom. The molecular formula is C20H29N5O. The van der Waals surface area contributed by atoms with Gasteiger partial charge in [0.05, 0.1) is 13.3 Å². The number of hydrogen-bond donors (Lipinski definition) is 0. The van der Waals surface area contributed by atoms with Gasteiger partial charge < -0.3 is 4.90 Å². The molecular weight excluding hydrogens is 326 g/mol. The molecule has 0 bridgehead atoms. The Labute approximate surface area is 155 Å². The maximum absolute atomic E-state index is 12.9. The van der Waals surface area contributed by atoms with Gasteiger partial charge in [-0.15, -0.1) is 0 Å². The molecule has 1 aromatic carbocycles. The summed E-state index contributed by atoms with van der Waals surface area (Å²) >= 11 is 0. The van der Waals surface area contributed by atoms with Crippen LogP contribution in [0.3, 0.4) is 0 Å². The molecule has 0 unspecified atom stereocenters. The third kappa shape index (κ3) is 3.81. The molecule has 1 aliphatic heterocycles. The van der Waals surface area contributed by atoms with Crippen LogP contribution in [0.25, 0.3) is 0 Å². The maximum Gasteiger partial charge on any atom is 0.259 e. The second kappa shape index (κ2) is 7.60. The fourth-order valence-corrected chi connectivity index (χ4v) is 3.26. The van der Waals surface area contributed by atoms with E-state index in [0.717, 1.165) is 49.1 Å². The zero-order chi connectivity index (χ0) is 18.8. The van der Waals surface area contributed by atoms with E-state index in [1.54, 1.807) is 4.57 Å². The minimum Gasteiger partial charge on any atom is -0.309 e. The number of fused-ring (bicyclic) bond motifs is 1. The first kappa shape index (κ1) is 18.6. The summed E-state index contributed by atoms with van der Waals surface area (Å²) in [6, 6.07) is 8.41. The lowest BCUT2D eigenvalue weighted by Gasteiger charge is -2.38. The fraction of sp³-hybridized carbons (Fsp3) is 0.500. The molecule has 0 amide bonds. The van der Waals surface area contributed by atoms with Gasteiger partial charge in [-0.2, -0.15) is 0 Å². The van der Waals surface area contributed by atoms with Gasteiger partial charge in [0.2, 0.25) is 5.95 Å². The van der Waals surface area contributed by atoms with Crippen molar-refractivity contribution in [2.24, 2.45) is 0 Å². The Morgan fingerprint density at radius 1 is 1.08 bits per heavy atom.